The summed E-state index contributed by atoms with van der Waals surface area (Å²) in [6.07, 6.45) is 0.418. The lowest BCUT2D eigenvalue weighted by atomic mass is 9.87. The Morgan fingerprint density at radius 3 is 2.19 bits per heavy atom. The zero-order chi connectivity index (χ0) is 12.7. The zero-order valence-electron chi connectivity index (χ0n) is 11.0. The molecule has 0 aromatic heterocycles. The van der Waals surface area contributed by atoms with E-state index in [4.69, 9.17) is 4.74 Å². The van der Waals surface area contributed by atoms with Crippen molar-refractivity contribution in [1.82, 2.24) is 5.06 Å². The summed E-state index contributed by atoms with van der Waals surface area (Å²) in [6.45, 7) is 11.0. The van der Waals surface area contributed by atoms with E-state index in [9.17, 15) is 10.0 Å². The van der Waals surface area contributed by atoms with Crippen molar-refractivity contribution in [3.8, 4) is 0 Å². The highest BCUT2D eigenvalue weighted by Crippen LogP contribution is 2.44. The van der Waals surface area contributed by atoms with Gasteiger partial charge in [0.1, 0.15) is 0 Å². The fraction of sp³-hybridized carbons (Fsp3) is 0.917. The van der Waals surface area contributed by atoms with E-state index in [-0.39, 0.29) is 18.0 Å². The Bertz CT molecular complexity index is 284. The van der Waals surface area contributed by atoms with Crippen molar-refractivity contribution in [2.45, 2.75) is 65.1 Å². The second-order valence-electron chi connectivity index (χ2n) is 6.00. The van der Waals surface area contributed by atoms with Crippen LogP contribution < -0.4 is 0 Å². The predicted molar refractivity (Wildman–Crippen MR) is 62.7 cm³/mol. The number of ether oxygens (including phenoxy) is 1. The normalized spacial score (nSPS) is 28.4. The largest absolute Gasteiger partial charge is 0.784 e. The summed E-state index contributed by atoms with van der Waals surface area (Å²) < 4.78 is 5.21. The highest BCUT2D eigenvalue weighted by molar-refractivity contribution is 5.75. The molecule has 0 bridgehead atoms. The first-order valence-electron chi connectivity index (χ1n) is 5.77. The highest BCUT2D eigenvalue weighted by Gasteiger charge is 2.50. The number of nitrogens with zero attached hydrogens (tertiary/aromatic N) is 1. The molecule has 94 valence electrons. The first kappa shape index (κ1) is 13.5. The van der Waals surface area contributed by atoms with Gasteiger partial charge in [0.2, 0.25) is 0 Å². The number of carbonyl (C=O) groups excluding carboxylic acids is 1. The number of rotatable bonds is 2. The molecule has 0 aliphatic carbocycles. The third-order valence-electron chi connectivity index (χ3n) is 3.27. The van der Waals surface area contributed by atoms with Crippen molar-refractivity contribution in [2.24, 2.45) is 5.92 Å². The van der Waals surface area contributed by atoms with Crippen molar-refractivity contribution < 1.29 is 9.53 Å². The van der Waals surface area contributed by atoms with E-state index < -0.39 is 11.1 Å². The average Bonchev–Trinajstić information content (AvgIpc) is 2.25. The summed E-state index contributed by atoms with van der Waals surface area (Å²) in [5.41, 5.74) is -1.18. The first-order valence-corrected chi connectivity index (χ1v) is 5.77. The minimum atomic E-state index is -0.685. The SMILES string of the molecule is CC(C)OC(=O)C1CC(C)(C)N([O-])C1(C)C. The van der Waals surface area contributed by atoms with Gasteiger partial charge in [-0.25, -0.2) is 0 Å². The number of hydrogen-bond acceptors (Lipinski definition) is 4. The van der Waals surface area contributed by atoms with E-state index in [0.29, 0.717) is 6.42 Å². The lowest BCUT2D eigenvalue weighted by Crippen LogP contribution is -2.47. The quantitative estimate of drug-likeness (QED) is 0.681. The van der Waals surface area contributed by atoms with Crippen LogP contribution in [-0.2, 0) is 9.53 Å². The third kappa shape index (κ3) is 2.23. The molecule has 4 heteroatoms. The lowest BCUT2D eigenvalue weighted by molar-refractivity contribution is -0.154. The third-order valence-corrected chi connectivity index (χ3v) is 3.27. The molecule has 1 fully saturated rings. The lowest BCUT2D eigenvalue weighted by Gasteiger charge is -2.47. The van der Waals surface area contributed by atoms with Crippen LogP contribution in [0.15, 0.2) is 0 Å². The van der Waals surface area contributed by atoms with Crippen LogP contribution >= 0.6 is 0 Å². The van der Waals surface area contributed by atoms with Crippen LogP contribution in [0.4, 0.5) is 0 Å². The minimum absolute atomic E-state index is 0.132. The number of esters is 1. The van der Waals surface area contributed by atoms with Crippen molar-refractivity contribution in [3.63, 3.8) is 0 Å². The standard InChI is InChI=1S/C12H22NO3/c1-8(2)16-10(14)9-7-11(3,4)13(15)12(9,5)6/h8-9H,7H2,1-6H3/q-1. The van der Waals surface area contributed by atoms with Gasteiger partial charge < -0.3 is 15.0 Å². The Hall–Kier alpha value is -0.610. The smallest absolute Gasteiger partial charge is 0.311 e. The second-order valence-corrected chi connectivity index (χ2v) is 6.00. The molecule has 1 aliphatic heterocycles. The van der Waals surface area contributed by atoms with E-state index in [2.05, 4.69) is 0 Å². The molecule has 0 aromatic rings. The molecule has 1 heterocycles. The Kier molecular flexibility index (Phi) is 3.37. The molecule has 1 atom stereocenters. The average molecular weight is 228 g/mol. The van der Waals surface area contributed by atoms with E-state index in [1.54, 1.807) is 13.8 Å². The number of carbonyl (C=O) groups is 1. The van der Waals surface area contributed by atoms with Gasteiger partial charge >= 0.3 is 5.97 Å². The maximum atomic E-state index is 12.1. The Morgan fingerprint density at radius 2 is 1.88 bits per heavy atom. The minimum Gasteiger partial charge on any atom is -0.784 e. The van der Waals surface area contributed by atoms with Crippen LogP contribution in [0.1, 0.15) is 48.0 Å². The molecule has 0 amide bonds. The summed E-state index contributed by atoms with van der Waals surface area (Å²) >= 11 is 0. The fourth-order valence-electron chi connectivity index (χ4n) is 2.44. The molecule has 1 aliphatic rings. The summed E-state index contributed by atoms with van der Waals surface area (Å²) in [4.78, 5) is 11.9. The zero-order valence-corrected chi connectivity index (χ0v) is 11.0. The molecule has 0 saturated carbocycles. The number of hydroxylamine groups is 2. The summed E-state index contributed by atoms with van der Waals surface area (Å²) in [7, 11) is 0. The monoisotopic (exact) mass is 228 g/mol. The molecule has 0 spiro atoms. The van der Waals surface area contributed by atoms with Crippen molar-refractivity contribution >= 4 is 5.97 Å². The van der Waals surface area contributed by atoms with Crippen LogP contribution in [0.2, 0.25) is 0 Å². The second kappa shape index (κ2) is 4.00. The molecule has 4 nitrogen and oxygen atoms in total. The van der Waals surface area contributed by atoms with Crippen LogP contribution in [0.3, 0.4) is 0 Å². The van der Waals surface area contributed by atoms with Gasteiger partial charge in [-0.2, -0.15) is 0 Å². The Balaban J connectivity index is 2.87. The molecule has 0 radical (unpaired) electrons. The molecule has 0 aromatic carbocycles. The van der Waals surface area contributed by atoms with Crippen LogP contribution in [0.25, 0.3) is 0 Å². The van der Waals surface area contributed by atoms with Gasteiger partial charge in [0, 0.05) is 11.1 Å². The Morgan fingerprint density at radius 1 is 1.38 bits per heavy atom. The van der Waals surface area contributed by atoms with E-state index in [0.717, 1.165) is 5.06 Å². The van der Waals surface area contributed by atoms with Gasteiger partial charge in [0.15, 0.2) is 0 Å². The molecule has 0 N–H and O–H groups in total. The number of hydrogen-bond donors (Lipinski definition) is 0. The molecular weight excluding hydrogens is 206 g/mol. The molecular formula is C12H22NO3-. The van der Waals surface area contributed by atoms with Crippen LogP contribution in [-0.4, -0.2) is 28.2 Å². The summed E-state index contributed by atoms with van der Waals surface area (Å²) in [5.74, 6) is -0.603. The van der Waals surface area contributed by atoms with Gasteiger partial charge in [-0.15, -0.1) is 0 Å². The molecule has 1 saturated heterocycles. The molecule has 16 heavy (non-hydrogen) atoms. The van der Waals surface area contributed by atoms with E-state index >= 15 is 0 Å². The first-order chi connectivity index (χ1) is 7.09. The maximum Gasteiger partial charge on any atom is 0.311 e. The van der Waals surface area contributed by atoms with Crippen molar-refractivity contribution in [2.75, 3.05) is 0 Å². The molecule has 1 unspecified atom stereocenters. The topological polar surface area (TPSA) is 52.6 Å². The Labute approximate surface area is 97.5 Å². The highest BCUT2D eigenvalue weighted by atomic mass is 16.5. The van der Waals surface area contributed by atoms with E-state index in [1.807, 2.05) is 27.7 Å². The fourth-order valence-corrected chi connectivity index (χ4v) is 2.44. The van der Waals surface area contributed by atoms with Crippen molar-refractivity contribution in [1.29, 1.82) is 0 Å². The van der Waals surface area contributed by atoms with Gasteiger partial charge in [-0.1, -0.05) is 0 Å². The maximum absolute atomic E-state index is 12.1. The van der Waals surface area contributed by atoms with Crippen molar-refractivity contribution in [3.05, 3.63) is 5.21 Å². The van der Waals surface area contributed by atoms with Gasteiger partial charge in [0.25, 0.3) is 0 Å². The van der Waals surface area contributed by atoms with Crippen LogP contribution in [0, 0.1) is 11.1 Å². The van der Waals surface area contributed by atoms with Crippen LogP contribution in [0.5, 0.6) is 0 Å². The van der Waals surface area contributed by atoms with Gasteiger partial charge in [-0.05, 0) is 48.0 Å². The molecule has 1 rings (SSSR count). The van der Waals surface area contributed by atoms with Gasteiger partial charge in [0.05, 0.1) is 12.0 Å². The predicted octanol–water partition coefficient (Wildman–Crippen LogP) is 2.31. The summed E-state index contributed by atoms with van der Waals surface area (Å²) in [5, 5.41) is 13.1. The van der Waals surface area contributed by atoms with Gasteiger partial charge in [-0.3, -0.25) is 4.79 Å². The summed E-state index contributed by atoms with van der Waals surface area (Å²) in [6, 6.07) is 0. The van der Waals surface area contributed by atoms with E-state index in [1.165, 1.54) is 0 Å².